The molecular weight excluding hydrogens is 314 g/mol. The highest BCUT2D eigenvalue weighted by atomic mass is 16.6. The van der Waals surface area contributed by atoms with E-state index in [4.69, 9.17) is 15.2 Å². The quantitative estimate of drug-likeness (QED) is 0.476. The van der Waals surface area contributed by atoms with Crippen molar-refractivity contribution in [1.82, 2.24) is 5.32 Å². The summed E-state index contributed by atoms with van der Waals surface area (Å²) in [5.74, 6) is 0.696. The first kappa shape index (κ1) is 17.1. The number of ether oxygens (including phenoxy) is 2. The summed E-state index contributed by atoms with van der Waals surface area (Å²) in [6.45, 7) is 0.233. The highest BCUT2D eigenvalue weighted by molar-refractivity contribution is 5.95. The SMILES string of the molecule is COc1ccc(CNC(=O)c2ccc(N)c([N+](=O)[O-])c2)cc1OC. The number of nitrogens with zero attached hydrogens (tertiary/aromatic N) is 1. The number of carbonyl (C=O) groups is 1. The third kappa shape index (κ3) is 3.72. The Kier molecular flexibility index (Phi) is 5.20. The van der Waals surface area contributed by atoms with Crippen LogP contribution in [0.3, 0.4) is 0 Å². The molecule has 2 rings (SSSR count). The molecular formula is C16H17N3O5. The molecule has 0 heterocycles. The van der Waals surface area contributed by atoms with Crippen molar-refractivity contribution >= 4 is 17.3 Å². The number of nitro benzene ring substituents is 1. The topological polar surface area (TPSA) is 117 Å². The molecule has 3 N–H and O–H groups in total. The average molecular weight is 331 g/mol. The van der Waals surface area contributed by atoms with Crippen molar-refractivity contribution in [3.05, 3.63) is 57.6 Å². The molecule has 0 spiro atoms. The molecule has 1 amide bonds. The summed E-state index contributed by atoms with van der Waals surface area (Å²) in [4.78, 5) is 22.4. The lowest BCUT2D eigenvalue weighted by Gasteiger charge is -2.10. The van der Waals surface area contributed by atoms with Crippen LogP contribution in [0.1, 0.15) is 15.9 Å². The monoisotopic (exact) mass is 331 g/mol. The van der Waals surface area contributed by atoms with E-state index >= 15 is 0 Å². The first-order chi connectivity index (χ1) is 11.5. The Balaban J connectivity index is 2.11. The molecule has 2 aromatic rings. The van der Waals surface area contributed by atoms with Crippen LogP contribution in [0.25, 0.3) is 0 Å². The minimum absolute atomic E-state index is 0.0106. The zero-order chi connectivity index (χ0) is 17.7. The molecule has 0 aliphatic carbocycles. The van der Waals surface area contributed by atoms with Crippen LogP contribution in [0.2, 0.25) is 0 Å². The highest BCUT2D eigenvalue weighted by Gasteiger charge is 2.15. The van der Waals surface area contributed by atoms with Crippen molar-refractivity contribution < 1.29 is 19.2 Å². The second kappa shape index (κ2) is 7.32. The summed E-state index contributed by atoms with van der Waals surface area (Å²) in [6.07, 6.45) is 0. The molecule has 8 nitrogen and oxygen atoms in total. The molecule has 0 aliphatic rings. The van der Waals surface area contributed by atoms with E-state index < -0.39 is 10.8 Å². The van der Waals surface area contributed by atoms with Gasteiger partial charge in [0, 0.05) is 18.2 Å². The van der Waals surface area contributed by atoms with Crippen molar-refractivity contribution in [2.24, 2.45) is 0 Å². The van der Waals surface area contributed by atoms with Crippen LogP contribution < -0.4 is 20.5 Å². The standard InChI is InChI=1S/C16H17N3O5/c1-23-14-6-3-10(7-15(14)24-2)9-18-16(20)11-4-5-12(17)13(8-11)19(21)22/h3-8H,9,17H2,1-2H3,(H,18,20). The Bertz CT molecular complexity index is 776. The average Bonchev–Trinajstić information content (AvgIpc) is 2.59. The molecule has 0 atom stereocenters. The maximum absolute atomic E-state index is 12.2. The van der Waals surface area contributed by atoms with E-state index in [2.05, 4.69) is 5.32 Å². The van der Waals surface area contributed by atoms with Crippen molar-refractivity contribution in [2.75, 3.05) is 20.0 Å². The predicted octanol–water partition coefficient (Wildman–Crippen LogP) is 2.12. The molecule has 0 aliphatic heterocycles. The van der Waals surface area contributed by atoms with Gasteiger partial charge in [0.1, 0.15) is 5.69 Å². The molecule has 0 unspecified atom stereocenters. The molecule has 0 saturated heterocycles. The summed E-state index contributed by atoms with van der Waals surface area (Å²) in [5.41, 5.74) is 6.19. The number of nitrogens with one attached hydrogen (secondary N) is 1. The van der Waals surface area contributed by atoms with Gasteiger partial charge in [-0.1, -0.05) is 6.07 Å². The smallest absolute Gasteiger partial charge is 0.292 e. The Labute approximate surface area is 138 Å². The summed E-state index contributed by atoms with van der Waals surface area (Å²) in [6, 6.07) is 9.18. The van der Waals surface area contributed by atoms with Crippen molar-refractivity contribution in [3.63, 3.8) is 0 Å². The maximum Gasteiger partial charge on any atom is 0.292 e. The lowest BCUT2D eigenvalue weighted by Crippen LogP contribution is -2.23. The lowest BCUT2D eigenvalue weighted by molar-refractivity contribution is -0.383. The van der Waals surface area contributed by atoms with Gasteiger partial charge in [-0.15, -0.1) is 0 Å². The fourth-order valence-electron chi connectivity index (χ4n) is 2.12. The molecule has 0 aromatic heterocycles. The van der Waals surface area contributed by atoms with Crippen LogP contribution in [-0.4, -0.2) is 25.1 Å². The van der Waals surface area contributed by atoms with Crippen LogP contribution in [0.5, 0.6) is 11.5 Å². The van der Waals surface area contributed by atoms with Gasteiger partial charge >= 0.3 is 0 Å². The summed E-state index contributed by atoms with van der Waals surface area (Å²) < 4.78 is 10.3. The number of nitrogens with two attached hydrogens (primary N) is 1. The van der Waals surface area contributed by atoms with Crippen molar-refractivity contribution in [2.45, 2.75) is 6.54 Å². The normalized spacial score (nSPS) is 10.1. The predicted molar refractivity (Wildman–Crippen MR) is 88.2 cm³/mol. The third-order valence-electron chi connectivity index (χ3n) is 3.39. The Hall–Kier alpha value is -3.29. The van der Waals surface area contributed by atoms with Gasteiger partial charge in [0.25, 0.3) is 11.6 Å². The number of hydrogen-bond donors (Lipinski definition) is 2. The molecule has 0 bridgehead atoms. The van der Waals surface area contributed by atoms with Gasteiger partial charge in [-0.25, -0.2) is 0 Å². The zero-order valence-electron chi connectivity index (χ0n) is 13.2. The molecule has 126 valence electrons. The van der Waals surface area contributed by atoms with Crippen LogP contribution in [-0.2, 0) is 6.54 Å². The van der Waals surface area contributed by atoms with Gasteiger partial charge in [0.15, 0.2) is 11.5 Å². The lowest BCUT2D eigenvalue weighted by atomic mass is 10.1. The number of nitrogen functional groups attached to an aromatic ring is 1. The van der Waals surface area contributed by atoms with E-state index in [0.29, 0.717) is 11.5 Å². The first-order valence-electron chi connectivity index (χ1n) is 6.99. The van der Waals surface area contributed by atoms with Gasteiger partial charge < -0.3 is 20.5 Å². The zero-order valence-corrected chi connectivity index (χ0v) is 13.2. The Morgan fingerprint density at radius 2 is 1.88 bits per heavy atom. The Morgan fingerprint density at radius 3 is 2.50 bits per heavy atom. The van der Waals surface area contributed by atoms with Gasteiger partial charge in [-0.2, -0.15) is 0 Å². The fourth-order valence-corrected chi connectivity index (χ4v) is 2.12. The van der Waals surface area contributed by atoms with Gasteiger partial charge in [0.2, 0.25) is 0 Å². The molecule has 2 aromatic carbocycles. The minimum atomic E-state index is -0.625. The number of nitro groups is 1. The van der Waals surface area contributed by atoms with Crippen LogP contribution in [0, 0.1) is 10.1 Å². The molecule has 8 heteroatoms. The van der Waals surface area contributed by atoms with Gasteiger partial charge in [-0.3, -0.25) is 14.9 Å². The van der Waals surface area contributed by atoms with E-state index in [9.17, 15) is 14.9 Å². The highest BCUT2D eigenvalue weighted by Crippen LogP contribution is 2.27. The summed E-state index contributed by atoms with van der Waals surface area (Å²) >= 11 is 0. The fraction of sp³-hybridized carbons (Fsp3) is 0.188. The summed E-state index contributed by atoms with van der Waals surface area (Å²) in [5, 5.41) is 13.6. The van der Waals surface area contributed by atoms with Gasteiger partial charge in [0.05, 0.1) is 19.1 Å². The summed E-state index contributed by atoms with van der Waals surface area (Å²) in [7, 11) is 3.06. The van der Waals surface area contributed by atoms with Crippen molar-refractivity contribution in [1.29, 1.82) is 0 Å². The second-order valence-electron chi connectivity index (χ2n) is 4.90. The van der Waals surface area contributed by atoms with Crippen LogP contribution in [0.4, 0.5) is 11.4 Å². The number of amides is 1. The minimum Gasteiger partial charge on any atom is -0.493 e. The van der Waals surface area contributed by atoms with E-state index in [-0.39, 0.29) is 23.5 Å². The third-order valence-corrected chi connectivity index (χ3v) is 3.39. The van der Waals surface area contributed by atoms with E-state index in [1.807, 2.05) is 0 Å². The molecule has 0 fully saturated rings. The van der Waals surface area contributed by atoms with Crippen LogP contribution in [0.15, 0.2) is 36.4 Å². The van der Waals surface area contributed by atoms with Gasteiger partial charge in [-0.05, 0) is 29.8 Å². The number of hydrogen-bond acceptors (Lipinski definition) is 6. The largest absolute Gasteiger partial charge is 0.493 e. The second-order valence-corrected chi connectivity index (χ2v) is 4.90. The van der Waals surface area contributed by atoms with Crippen LogP contribution >= 0.6 is 0 Å². The number of carbonyl (C=O) groups excluding carboxylic acids is 1. The van der Waals surface area contributed by atoms with Crippen molar-refractivity contribution in [3.8, 4) is 11.5 Å². The number of methoxy groups -OCH3 is 2. The van der Waals surface area contributed by atoms with E-state index in [1.165, 1.54) is 26.4 Å². The Morgan fingerprint density at radius 1 is 1.17 bits per heavy atom. The number of anilines is 1. The first-order valence-corrected chi connectivity index (χ1v) is 6.99. The van der Waals surface area contributed by atoms with E-state index in [1.54, 1.807) is 18.2 Å². The molecule has 0 radical (unpaired) electrons. The number of benzene rings is 2. The number of rotatable bonds is 6. The molecule has 0 saturated carbocycles. The maximum atomic E-state index is 12.2. The van der Waals surface area contributed by atoms with E-state index in [0.717, 1.165) is 11.6 Å². The molecule has 24 heavy (non-hydrogen) atoms.